The Morgan fingerprint density at radius 2 is 0.958 bits per heavy atom. The van der Waals surface area contributed by atoms with Crippen LogP contribution in [0.1, 0.15) is 145 Å². The quantitative estimate of drug-likeness (QED) is 0.165. The number of para-hydroxylation sites is 2. The molecule has 0 saturated carbocycles. The molecule has 0 amide bonds. The molecular formula is C68H69N3. The predicted molar refractivity (Wildman–Crippen MR) is 302 cm³/mol. The first-order valence-corrected chi connectivity index (χ1v) is 26.0. The van der Waals surface area contributed by atoms with Crippen LogP contribution in [0, 0.1) is 6.92 Å². The van der Waals surface area contributed by atoms with Gasteiger partial charge in [-0.25, -0.2) is 0 Å². The molecule has 0 bridgehead atoms. The smallest absolute Gasteiger partial charge is 0.0545 e. The minimum absolute atomic E-state index is 0.0101. The molecule has 356 valence electrons. The van der Waals surface area contributed by atoms with Crippen molar-refractivity contribution in [1.82, 2.24) is 0 Å². The third kappa shape index (κ3) is 7.12. The monoisotopic (exact) mass is 928 g/mol. The molecule has 71 heavy (non-hydrogen) atoms. The summed E-state index contributed by atoms with van der Waals surface area (Å²) >= 11 is 0. The van der Waals surface area contributed by atoms with Gasteiger partial charge < -0.3 is 14.7 Å². The zero-order valence-corrected chi connectivity index (χ0v) is 44.0. The van der Waals surface area contributed by atoms with E-state index in [1.165, 1.54) is 95.3 Å². The highest BCUT2D eigenvalue weighted by Crippen LogP contribution is 2.65. The first kappa shape index (κ1) is 45.3. The summed E-state index contributed by atoms with van der Waals surface area (Å²) in [4.78, 5) is 7.79. The molecule has 3 nitrogen and oxygen atoms in total. The van der Waals surface area contributed by atoms with E-state index in [9.17, 15) is 0 Å². The van der Waals surface area contributed by atoms with Gasteiger partial charge in [0, 0.05) is 34.2 Å². The largest absolute Gasteiger partial charge is 0.310 e. The van der Waals surface area contributed by atoms with Crippen molar-refractivity contribution in [3.05, 3.63) is 220 Å². The van der Waals surface area contributed by atoms with Crippen molar-refractivity contribution in [2.45, 2.75) is 129 Å². The van der Waals surface area contributed by atoms with E-state index in [2.05, 4.69) is 268 Å². The molecule has 2 aliphatic heterocycles. The van der Waals surface area contributed by atoms with E-state index in [0.717, 1.165) is 29.9 Å². The standard InChI is InChI=1S/C68H69N3/c1-43-28-29-45(44-22-16-13-17-23-44)34-58(43)71-57-33-30-46(64(2,3)4)35-51(57)62-52-39-55-56(68(11,12)42-67(55,9)10)40-59(52)70(49-31-32-53-54(36-49)66(7,8)41-65(53,5)6)60-37-50(38-61(71)63(60)62)69(47-24-18-14-19-25-47)48-26-20-15-21-27-48/h13-40,62H,41-42H2,1-12H3. The van der Waals surface area contributed by atoms with Gasteiger partial charge in [-0.15, -0.1) is 0 Å². The van der Waals surface area contributed by atoms with Crippen LogP contribution >= 0.6 is 0 Å². The van der Waals surface area contributed by atoms with Gasteiger partial charge in [0.1, 0.15) is 0 Å². The number of rotatable bonds is 6. The lowest BCUT2D eigenvalue weighted by atomic mass is 9.72. The van der Waals surface area contributed by atoms with Gasteiger partial charge in [-0.2, -0.15) is 0 Å². The number of hydrogen-bond acceptors (Lipinski definition) is 3. The van der Waals surface area contributed by atoms with Crippen molar-refractivity contribution in [1.29, 1.82) is 0 Å². The maximum absolute atomic E-state index is 2.69. The van der Waals surface area contributed by atoms with Crippen molar-refractivity contribution in [3.63, 3.8) is 0 Å². The summed E-state index contributed by atoms with van der Waals surface area (Å²) in [5, 5.41) is 0. The number of fused-ring (bicyclic) bond motifs is 6. The molecule has 2 aliphatic carbocycles. The van der Waals surface area contributed by atoms with Crippen LogP contribution in [0.4, 0.5) is 51.2 Å². The Balaban J connectivity index is 1.25. The van der Waals surface area contributed by atoms with Crippen LogP contribution in [0.25, 0.3) is 11.1 Å². The molecule has 4 aliphatic rings. The summed E-state index contributed by atoms with van der Waals surface area (Å²) in [5.41, 5.74) is 25.8. The molecule has 12 rings (SSSR count). The van der Waals surface area contributed by atoms with E-state index in [1.54, 1.807) is 0 Å². The first-order chi connectivity index (χ1) is 33.7. The maximum Gasteiger partial charge on any atom is 0.0545 e. The molecule has 3 heteroatoms. The number of anilines is 9. The topological polar surface area (TPSA) is 9.72 Å². The van der Waals surface area contributed by atoms with Crippen LogP contribution in [0.2, 0.25) is 0 Å². The second kappa shape index (κ2) is 15.6. The van der Waals surface area contributed by atoms with E-state index in [0.29, 0.717) is 0 Å². The normalized spacial score (nSPS) is 18.3. The molecule has 0 radical (unpaired) electrons. The van der Waals surface area contributed by atoms with Crippen molar-refractivity contribution in [2.75, 3.05) is 14.7 Å². The van der Waals surface area contributed by atoms with Crippen LogP contribution in [0.15, 0.2) is 170 Å². The van der Waals surface area contributed by atoms with Gasteiger partial charge in [-0.3, -0.25) is 0 Å². The Labute approximate surface area is 423 Å². The van der Waals surface area contributed by atoms with E-state index < -0.39 is 0 Å². The van der Waals surface area contributed by atoms with Gasteiger partial charge >= 0.3 is 0 Å². The van der Waals surface area contributed by atoms with Crippen molar-refractivity contribution < 1.29 is 0 Å². The van der Waals surface area contributed by atoms with Gasteiger partial charge in [0.05, 0.1) is 28.4 Å². The number of benzene rings is 8. The molecule has 8 aromatic rings. The Morgan fingerprint density at radius 3 is 1.56 bits per heavy atom. The van der Waals surface area contributed by atoms with Gasteiger partial charge in [0.25, 0.3) is 0 Å². The van der Waals surface area contributed by atoms with Crippen LogP contribution in [0.5, 0.6) is 0 Å². The van der Waals surface area contributed by atoms with Gasteiger partial charge in [0.15, 0.2) is 0 Å². The second-order valence-electron chi connectivity index (χ2n) is 25.0. The lowest BCUT2D eigenvalue weighted by molar-refractivity contribution is 0.402. The minimum atomic E-state index is -0.0552. The van der Waals surface area contributed by atoms with Crippen molar-refractivity contribution in [2.24, 2.45) is 0 Å². The van der Waals surface area contributed by atoms with E-state index in [-0.39, 0.29) is 33.0 Å². The Hall–Kier alpha value is -6.84. The minimum Gasteiger partial charge on any atom is -0.310 e. The van der Waals surface area contributed by atoms with Gasteiger partial charge in [0.2, 0.25) is 0 Å². The molecule has 0 aromatic heterocycles. The number of nitrogens with zero attached hydrogens (tertiary/aromatic N) is 3. The molecule has 1 unspecified atom stereocenters. The number of hydrogen-bond donors (Lipinski definition) is 0. The second-order valence-corrected chi connectivity index (χ2v) is 25.0. The first-order valence-electron chi connectivity index (χ1n) is 26.0. The highest BCUT2D eigenvalue weighted by molar-refractivity contribution is 6.00. The van der Waals surface area contributed by atoms with Crippen LogP contribution in [-0.2, 0) is 27.1 Å². The highest BCUT2D eigenvalue weighted by Gasteiger charge is 2.48. The maximum atomic E-state index is 2.69. The summed E-state index contributed by atoms with van der Waals surface area (Å²) < 4.78 is 0. The fourth-order valence-corrected chi connectivity index (χ4v) is 14.0. The Morgan fingerprint density at radius 1 is 0.423 bits per heavy atom. The van der Waals surface area contributed by atoms with Crippen molar-refractivity contribution >= 4 is 51.2 Å². The SMILES string of the molecule is Cc1ccc(-c2ccccc2)cc1N1c2ccc(C(C)(C)C)cc2C2c3cc4c(cc3N(c3ccc5c(c3)C(C)(C)CC5(C)C)c3cc(N(c5ccccc5)c5ccccc5)cc1c32)C(C)(C)CC4(C)C. The fourth-order valence-electron chi connectivity index (χ4n) is 14.0. The third-order valence-corrected chi connectivity index (χ3v) is 16.8. The zero-order valence-electron chi connectivity index (χ0n) is 44.0. The summed E-state index contributed by atoms with van der Waals surface area (Å²) in [7, 11) is 0. The Kier molecular flexibility index (Phi) is 9.94. The summed E-state index contributed by atoms with van der Waals surface area (Å²) in [6, 6.07) is 65.1. The average molecular weight is 928 g/mol. The lowest BCUT2D eigenvalue weighted by Gasteiger charge is -2.47. The van der Waals surface area contributed by atoms with Gasteiger partial charge in [-0.05, 0) is 169 Å². The summed E-state index contributed by atoms with van der Waals surface area (Å²) in [6.07, 6.45) is 2.22. The number of aryl methyl sites for hydroxylation is 1. The molecule has 0 saturated heterocycles. The van der Waals surface area contributed by atoms with E-state index >= 15 is 0 Å². The zero-order chi connectivity index (χ0) is 49.6. The fraction of sp³-hybridized carbons (Fsp3) is 0.294. The third-order valence-electron chi connectivity index (χ3n) is 16.8. The molecule has 1 atom stereocenters. The molecule has 2 heterocycles. The summed E-state index contributed by atoms with van der Waals surface area (Å²) in [5.74, 6) is -0.0250. The van der Waals surface area contributed by atoms with Gasteiger partial charge in [-0.1, -0.05) is 179 Å². The molecule has 8 aromatic carbocycles. The predicted octanol–water partition coefficient (Wildman–Crippen LogP) is 19.1. The van der Waals surface area contributed by atoms with Crippen LogP contribution in [-0.4, -0.2) is 0 Å². The Bertz CT molecular complexity index is 3380. The lowest BCUT2D eigenvalue weighted by Crippen LogP contribution is -2.31. The average Bonchev–Trinajstić information content (AvgIpc) is 3.65. The van der Waals surface area contributed by atoms with Crippen molar-refractivity contribution in [3.8, 4) is 11.1 Å². The molecule has 0 N–H and O–H groups in total. The van der Waals surface area contributed by atoms with Crippen LogP contribution in [0.3, 0.4) is 0 Å². The highest BCUT2D eigenvalue weighted by atomic mass is 15.2. The molecular weight excluding hydrogens is 859 g/mol. The van der Waals surface area contributed by atoms with E-state index in [4.69, 9.17) is 0 Å². The summed E-state index contributed by atoms with van der Waals surface area (Å²) in [6.45, 7) is 29.0. The molecule has 0 spiro atoms. The van der Waals surface area contributed by atoms with E-state index in [1.807, 2.05) is 0 Å². The molecule has 0 fully saturated rings. The van der Waals surface area contributed by atoms with Crippen LogP contribution < -0.4 is 14.7 Å².